The molecule has 2 N–H and O–H groups in total. The van der Waals surface area contributed by atoms with E-state index in [0.717, 1.165) is 3.57 Å². The molecule has 0 saturated carbocycles. The zero-order valence-corrected chi connectivity index (χ0v) is 14.1. The highest BCUT2D eigenvalue weighted by Crippen LogP contribution is 2.26. The summed E-state index contributed by atoms with van der Waals surface area (Å²) in [6, 6.07) is 12.1. The van der Waals surface area contributed by atoms with Crippen molar-refractivity contribution in [2.45, 2.75) is 6.92 Å². The summed E-state index contributed by atoms with van der Waals surface area (Å²) in [6.07, 6.45) is 1.50. The maximum absolute atomic E-state index is 12.0. The predicted molar refractivity (Wildman–Crippen MR) is 93.5 cm³/mol. The van der Waals surface area contributed by atoms with Crippen molar-refractivity contribution < 1.29 is 14.6 Å². The Morgan fingerprint density at radius 1 is 1.36 bits per heavy atom. The topological polar surface area (TPSA) is 70.9 Å². The van der Waals surface area contributed by atoms with Crippen molar-refractivity contribution in [3.8, 4) is 11.5 Å². The number of hydrazone groups is 1. The smallest absolute Gasteiger partial charge is 0.272 e. The molecule has 6 heteroatoms. The Balaban J connectivity index is 2.05. The zero-order chi connectivity index (χ0) is 15.9. The number of ether oxygens (including phenoxy) is 1. The minimum Gasteiger partial charge on any atom is -0.504 e. The number of carbonyl (C=O) groups is 1. The van der Waals surface area contributed by atoms with Crippen LogP contribution in [-0.4, -0.2) is 23.8 Å². The molecular weight excluding hydrogens is 395 g/mol. The molecule has 22 heavy (non-hydrogen) atoms. The first kappa shape index (κ1) is 16.3. The van der Waals surface area contributed by atoms with Crippen molar-refractivity contribution in [3.05, 3.63) is 57.2 Å². The molecule has 0 aliphatic heterocycles. The number of phenolic OH excluding ortho intramolecular Hbond substituents is 1. The predicted octanol–water partition coefficient (Wildman–Crippen LogP) is 3.16. The van der Waals surface area contributed by atoms with E-state index in [0.29, 0.717) is 23.5 Å². The van der Waals surface area contributed by atoms with Gasteiger partial charge in [-0.25, -0.2) is 5.43 Å². The molecule has 0 aliphatic rings. The molecular formula is C16H15IN2O3. The van der Waals surface area contributed by atoms with Gasteiger partial charge < -0.3 is 9.84 Å². The van der Waals surface area contributed by atoms with Gasteiger partial charge in [0.1, 0.15) is 0 Å². The van der Waals surface area contributed by atoms with Gasteiger partial charge in [0.15, 0.2) is 11.5 Å². The fourth-order valence-corrected chi connectivity index (χ4v) is 2.39. The van der Waals surface area contributed by atoms with Crippen molar-refractivity contribution in [2.24, 2.45) is 5.10 Å². The molecule has 0 saturated heterocycles. The Hall–Kier alpha value is -2.09. The van der Waals surface area contributed by atoms with Gasteiger partial charge in [0.05, 0.1) is 18.4 Å². The van der Waals surface area contributed by atoms with Gasteiger partial charge in [-0.05, 0) is 65.4 Å². The highest BCUT2D eigenvalue weighted by atomic mass is 127. The number of nitrogens with zero attached hydrogens (tertiary/aromatic N) is 1. The van der Waals surface area contributed by atoms with Crippen LogP contribution in [0.15, 0.2) is 47.6 Å². The summed E-state index contributed by atoms with van der Waals surface area (Å²) in [5.74, 6) is 0.183. The number of halogens is 1. The van der Waals surface area contributed by atoms with Crippen LogP contribution in [0.3, 0.4) is 0 Å². The number of phenols is 1. The van der Waals surface area contributed by atoms with E-state index < -0.39 is 0 Å². The third-order valence-electron chi connectivity index (χ3n) is 2.78. The van der Waals surface area contributed by atoms with Crippen LogP contribution in [0.4, 0.5) is 0 Å². The Labute approximate surface area is 142 Å². The largest absolute Gasteiger partial charge is 0.504 e. The molecule has 0 spiro atoms. The molecule has 0 aliphatic carbocycles. The van der Waals surface area contributed by atoms with Gasteiger partial charge >= 0.3 is 0 Å². The van der Waals surface area contributed by atoms with Crippen molar-refractivity contribution >= 4 is 34.7 Å². The number of hydrogen-bond acceptors (Lipinski definition) is 4. The van der Waals surface area contributed by atoms with Gasteiger partial charge in [-0.1, -0.05) is 12.1 Å². The Morgan fingerprint density at radius 2 is 2.14 bits per heavy atom. The maximum atomic E-state index is 12.0. The highest BCUT2D eigenvalue weighted by molar-refractivity contribution is 14.1. The summed E-state index contributed by atoms with van der Waals surface area (Å²) in [6.45, 7) is 2.29. The second-order valence-electron chi connectivity index (χ2n) is 4.34. The average molecular weight is 410 g/mol. The lowest BCUT2D eigenvalue weighted by molar-refractivity contribution is 0.0954. The zero-order valence-electron chi connectivity index (χ0n) is 11.9. The van der Waals surface area contributed by atoms with E-state index in [1.807, 2.05) is 19.1 Å². The summed E-state index contributed by atoms with van der Waals surface area (Å²) in [7, 11) is 0. The van der Waals surface area contributed by atoms with Crippen LogP contribution in [0.25, 0.3) is 0 Å². The van der Waals surface area contributed by atoms with Crippen LogP contribution in [0.5, 0.6) is 11.5 Å². The maximum Gasteiger partial charge on any atom is 0.272 e. The molecule has 5 nitrogen and oxygen atoms in total. The minimum absolute atomic E-state index is 0.0712. The third kappa shape index (κ3) is 4.20. The quantitative estimate of drug-likeness (QED) is 0.452. The molecule has 114 valence electrons. The van der Waals surface area contributed by atoms with Gasteiger partial charge in [-0.2, -0.15) is 5.10 Å². The molecule has 0 unspecified atom stereocenters. The van der Waals surface area contributed by atoms with Crippen LogP contribution in [-0.2, 0) is 0 Å². The van der Waals surface area contributed by atoms with Crippen molar-refractivity contribution in [3.63, 3.8) is 0 Å². The van der Waals surface area contributed by atoms with Gasteiger partial charge in [-0.15, -0.1) is 0 Å². The number of amides is 1. The molecule has 2 aromatic carbocycles. The second-order valence-corrected chi connectivity index (χ2v) is 5.50. The van der Waals surface area contributed by atoms with E-state index in [1.165, 1.54) is 12.3 Å². The average Bonchev–Trinajstić information content (AvgIpc) is 2.51. The molecule has 0 bridgehead atoms. The summed E-state index contributed by atoms with van der Waals surface area (Å²) in [5, 5.41) is 13.5. The molecule has 0 aromatic heterocycles. The first-order valence-electron chi connectivity index (χ1n) is 6.65. The lowest BCUT2D eigenvalue weighted by Gasteiger charge is -2.06. The van der Waals surface area contributed by atoms with Crippen LogP contribution in [0.1, 0.15) is 22.8 Å². The molecule has 2 aromatic rings. The first-order valence-corrected chi connectivity index (χ1v) is 7.73. The number of aromatic hydroxyl groups is 1. The fraction of sp³-hybridized carbons (Fsp3) is 0.125. The molecule has 1 amide bonds. The van der Waals surface area contributed by atoms with E-state index in [4.69, 9.17) is 4.74 Å². The van der Waals surface area contributed by atoms with Gasteiger partial charge in [0.2, 0.25) is 0 Å². The van der Waals surface area contributed by atoms with Crippen LogP contribution in [0.2, 0.25) is 0 Å². The van der Waals surface area contributed by atoms with E-state index in [1.54, 1.807) is 24.3 Å². The summed E-state index contributed by atoms with van der Waals surface area (Å²) in [4.78, 5) is 12.0. The Kier molecular flexibility index (Phi) is 5.76. The molecule has 2 rings (SSSR count). The molecule has 0 fully saturated rings. The SMILES string of the molecule is CCOc1cc(/C=N\NC(=O)c2ccccc2I)ccc1O. The van der Waals surface area contributed by atoms with Crippen LogP contribution < -0.4 is 10.2 Å². The van der Waals surface area contributed by atoms with Crippen molar-refractivity contribution in [2.75, 3.05) is 6.61 Å². The van der Waals surface area contributed by atoms with E-state index >= 15 is 0 Å². The second kappa shape index (κ2) is 7.79. The van der Waals surface area contributed by atoms with E-state index in [9.17, 15) is 9.90 Å². The minimum atomic E-state index is -0.273. The number of rotatable bonds is 5. The lowest BCUT2D eigenvalue weighted by Crippen LogP contribution is -2.18. The van der Waals surface area contributed by atoms with Gasteiger partial charge in [0, 0.05) is 3.57 Å². The van der Waals surface area contributed by atoms with Crippen LogP contribution >= 0.6 is 22.6 Å². The summed E-state index contributed by atoms with van der Waals surface area (Å²) < 4.78 is 6.15. The van der Waals surface area contributed by atoms with Gasteiger partial charge in [-0.3, -0.25) is 4.79 Å². The number of benzene rings is 2. The van der Waals surface area contributed by atoms with E-state index in [-0.39, 0.29) is 11.7 Å². The Morgan fingerprint density at radius 3 is 2.86 bits per heavy atom. The fourth-order valence-electron chi connectivity index (χ4n) is 1.75. The number of hydrogen-bond donors (Lipinski definition) is 2. The standard InChI is InChI=1S/C16H15IN2O3/c1-2-22-15-9-11(7-8-14(15)20)10-18-19-16(21)12-5-3-4-6-13(12)17/h3-10,20H,2H2,1H3,(H,19,21)/b18-10-. The summed E-state index contributed by atoms with van der Waals surface area (Å²) in [5.41, 5.74) is 3.76. The van der Waals surface area contributed by atoms with E-state index in [2.05, 4.69) is 33.1 Å². The first-order chi connectivity index (χ1) is 10.6. The monoisotopic (exact) mass is 410 g/mol. The van der Waals surface area contributed by atoms with Crippen LogP contribution in [0, 0.1) is 3.57 Å². The summed E-state index contributed by atoms with van der Waals surface area (Å²) >= 11 is 2.10. The molecule has 0 heterocycles. The van der Waals surface area contributed by atoms with Gasteiger partial charge in [0.25, 0.3) is 5.91 Å². The normalized spacial score (nSPS) is 10.6. The highest BCUT2D eigenvalue weighted by Gasteiger charge is 2.07. The molecule has 0 radical (unpaired) electrons. The van der Waals surface area contributed by atoms with Crippen molar-refractivity contribution in [1.29, 1.82) is 0 Å². The number of carbonyl (C=O) groups excluding carboxylic acids is 1. The third-order valence-corrected chi connectivity index (χ3v) is 3.72. The van der Waals surface area contributed by atoms with Crippen molar-refractivity contribution in [1.82, 2.24) is 5.43 Å². The lowest BCUT2D eigenvalue weighted by atomic mass is 10.2. The Bertz CT molecular complexity index is 702. The number of nitrogens with one attached hydrogen (secondary N) is 1. The molecule has 0 atom stereocenters.